The highest BCUT2D eigenvalue weighted by Gasteiger charge is 2.45. The van der Waals surface area contributed by atoms with Crippen molar-refractivity contribution in [2.24, 2.45) is 0 Å². The van der Waals surface area contributed by atoms with Gasteiger partial charge in [-0.3, -0.25) is 19.3 Å². The van der Waals surface area contributed by atoms with E-state index in [1.807, 2.05) is 77.6 Å². The van der Waals surface area contributed by atoms with Gasteiger partial charge in [0.1, 0.15) is 23.6 Å². The zero-order valence-corrected chi connectivity index (χ0v) is 26.4. The van der Waals surface area contributed by atoms with Crippen molar-refractivity contribution in [3.05, 3.63) is 48.5 Å². The lowest BCUT2D eigenvalue weighted by atomic mass is 10.0. The molecule has 1 amide bonds. The number of nitrogens with zero attached hydrogens (tertiary/aromatic N) is 2. The number of methoxy groups -OCH3 is 2. The van der Waals surface area contributed by atoms with Gasteiger partial charge in [0.15, 0.2) is 0 Å². The van der Waals surface area contributed by atoms with Crippen LogP contribution in [-0.4, -0.2) is 58.5 Å². The maximum absolute atomic E-state index is 14.2. The molecule has 0 saturated carbocycles. The Bertz CT molecular complexity index is 1120. The summed E-state index contributed by atoms with van der Waals surface area (Å²) in [5.41, 5.74) is 1.27. The Hall–Kier alpha value is -2.65. The molecule has 0 N–H and O–H groups in total. The van der Waals surface area contributed by atoms with Crippen LogP contribution in [0.5, 0.6) is 11.5 Å². The van der Waals surface area contributed by atoms with Gasteiger partial charge in [0.05, 0.1) is 14.2 Å². The van der Waals surface area contributed by atoms with Crippen molar-refractivity contribution in [1.82, 2.24) is 0 Å². The standard InChI is InChI=1S/C30H42N2O5S2/c1-11-31(21-12-16-23(36-9)17-13-21)25(27(34)38-29(3,4)5)26(28(35)39-30(6,7)8)32(20(2)33)22-14-18-24(37-10)19-15-22/h12-19,25-26H,11H2,1-10H3/t25-,26+/m0/s1. The van der Waals surface area contributed by atoms with Crippen molar-refractivity contribution in [3.8, 4) is 11.5 Å². The molecule has 7 nitrogen and oxygen atoms in total. The summed E-state index contributed by atoms with van der Waals surface area (Å²) >= 11 is 2.32. The molecule has 0 fully saturated rings. The van der Waals surface area contributed by atoms with Crippen LogP contribution in [0.4, 0.5) is 11.4 Å². The summed E-state index contributed by atoms with van der Waals surface area (Å²) in [6.45, 7) is 15.5. The molecule has 2 rings (SSSR count). The van der Waals surface area contributed by atoms with Gasteiger partial charge in [0.2, 0.25) is 16.1 Å². The zero-order chi connectivity index (χ0) is 29.5. The number of hydrogen-bond acceptors (Lipinski definition) is 8. The van der Waals surface area contributed by atoms with Crippen molar-refractivity contribution >= 4 is 51.0 Å². The van der Waals surface area contributed by atoms with Crippen LogP contribution in [0.2, 0.25) is 0 Å². The molecule has 0 saturated heterocycles. The normalized spacial score (nSPS) is 13.3. The van der Waals surface area contributed by atoms with Gasteiger partial charge in [-0.1, -0.05) is 65.1 Å². The maximum Gasteiger partial charge on any atom is 0.224 e. The molecule has 0 aromatic heterocycles. The lowest BCUT2D eigenvalue weighted by Crippen LogP contribution is -2.60. The summed E-state index contributed by atoms with van der Waals surface area (Å²) in [6.07, 6.45) is 0. The van der Waals surface area contributed by atoms with Gasteiger partial charge in [-0.25, -0.2) is 0 Å². The molecule has 0 aliphatic carbocycles. The average Bonchev–Trinajstić information content (AvgIpc) is 2.84. The molecule has 214 valence electrons. The number of hydrogen-bond donors (Lipinski definition) is 0. The predicted octanol–water partition coefficient (Wildman–Crippen LogP) is 6.44. The van der Waals surface area contributed by atoms with Crippen molar-refractivity contribution in [3.63, 3.8) is 0 Å². The van der Waals surface area contributed by atoms with E-state index in [9.17, 15) is 14.4 Å². The van der Waals surface area contributed by atoms with E-state index in [0.717, 1.165) is 17.4 Å². The summed E-state index contributed by atoms with van der Waals surface area (Å²) in [6, 6.07) is 12.3. The zero-order valence-electron chi connectivity index (χ0n) is 24.7. The first-order valence-electron chi connectivity index (χ1n) is 12.9. The molecule has 0 spiro atoms. The molecule has 0 heterocycles. The molecule has 0 unspecified atom stereocenters. The lowest BCUT2D eigenvalue weighted by molar-refractivity contribution is -0.122. The Labute approximate surface area is 242 Å². The molecule has 2 aromatic rings. The van der Waals surface area contributed by atoms with E-state index < -0.39 is 21.6 Å². The van der Waals surface area contributed by atoms with Crippen LogP contribution < -0.4 is 19.3 Å². The van der Waals surface area contributed by atoms with Crippen molar-refractivity contribution in [2.75, 3.05) is 30.6 Å². The fourth-order valence-electron chi connectivity index (χ4n) is 4.12. The molecular formula is C30H42N2O5S2. The molecule has 2 atom stereocenters. The fraction of sp³-hybridized carbons (Fsp3) is 0.500. The number of amides is 1. The second-order valence-electron chi connectivity index (χ2n) is 11.0. The first-order valence-corrected chi connectivity index (χ1v) is 14.6. The number of anilines is 2. The molecule has 39 heavy (non-hydrogen) atoms. The smallest absolute Gasteiger partial charge is 0.224 e. The Balaban J connectivity index is 2.83. The predicted molar refractivity (Wildman–Crippen MR) is 164 cm³/mol. The third kappa shape index (κ3) is 9.21. The van der Waals surface area contributed by atoms with E-state index in [1.54, 1.807) is 38.5 Å². The van der Waals surface area contributed by atoms with Gasteiger partial charge < -0.3 is 14.4 Å². The summed E-state index contributed by atoms with van der Waals surface area (Å²) in [7, 11) is 3.16. The average molecular weight is 575 g/mol. The number of ether oxygens (including phenoxy) is 2. The molecule has 2 aromatic carbocycles. The second-order valence-corrected chi connectivity index (χ2v) is 14.7. The Morgan fingerprint density at radius 2 is 1.10 bits per heavy atom. The van der Waals surface area contributed by atoms with Gasteiger partial charge >= 0.3 is 0 Å². The Morgan fingerprint density at radius 1 is 0.718 bits per heavy atom. The van der Waals surface area contributed by atoms with Crippen LogP contribution in [0.25, 0.3) is 0 Å². The summed E-state index contributed by atoms with van der Waals surface area (Å²) in [4.78, 5) is 45.1. The first-order chi connectivity index (χ1) is 18.1. The minimum absolute atomic E-state index is 0.187. The summed E-state index contributed by atoms with van der Waals surface area (Å²) in [5.74, 6) is 0.970. The Kier molecular flexibility index (Phi) is 11.4. The van der Waals surface area contributed by atoms with E-state index >= 15 is 0 Å². The molecule has 0 radical (unpaired) electrons. The second kappa shape index (κ2) is 13.6. The highest BCUT2D eigenvalue weighted by molar-refractivity contribution is 8.15. The van der Waals surface area contributed by atoms with Crippen LogP contribution >= 0.6 is 23.5 Å². The molecule has 0 bridgehead atoms. The number of benzene rings is 2. The van der Waals surface area contributed by atoms with Crippen molar-refractivity contribution in [2.45, 2.75) is 77.0 Å². The molecule has 0 aliphatic heterocycles. The van der Waals surface area contributed by atoms with E-state index in [1.165, 1.54) is 23.6 Å². The van der Waals surface area contributed by atoms with Crippen LogP contribution in [0.15, 0.2) is 48.5 Å². The third-order valence-corrected chi connectivity index (χ3v) is 7.75. The SMILES string of the molecule is CCN(c1ccc(OC)cc1)[C@H](C(=O)SC(C)(C)C)[C@H](C(=O)SC(C)(C)C)N(C(C)=O)c1ccc(OC)cc1. The van der Waals surface area contributed by atoms with Gasteiger partial charge in [-0.05, 0) is 55.5 Å². The van der Waals surface area contributed by atoms with Gasteiger partial charge in [0.25, 0.3) is 0 Å². The number of likely N-dealkylation sites (N-methyl/N-ethyl adjacent to an activating group) is 1. The Morgan fingerprint density at radius 3 is 1.44 bits per heavy atom. The highest BCUT2D eigenvalue weighted by Crippen LogP contribution is 2.37. The van der Waals surface area contributed by atoms with E-state index in [2.05, 4.69) is 0 Å². The number of rotatable bonds is 10. The number of carbonyl (C=O) groups excluding carboxylic acids is 3. The molecule has 9 heteroatoms. The molecule has 0 aliphatic rings. The first kappa shape index (κ1) is 32.6. The largest absolute Gasteiger partial charge is 0.497 e. The molecular weight excluding hydrogens is 532 g/mol. The van der Waals surface area contributed by atoms with Crippen LogP contribution in [0, 0.1) is 0 Å². The maximum atomic E-state index is 14.2. The lowest BCUT2D eigenvalue weighted by Gasteiger charge is -2.42. The van der Waals surface area contributed by atoms with Crippen LogP contribution in [0.1, 0.15) is 55.4 Å². The monoisotopic (exact) mass is 574 g/mol. The quantitative estimate of drug-likeness (QED) is 0.321. The fourth-order valence-corrected chi connectivity index (χ4v) is 6.06. The van der Waals surface area contributed by atoms with Crippen LogP contribution in [0.3, 0.4) is 0 Å². The van der Waals surface area contributed by atoms with Gasteiger partial charge in [0, 0.05) is 34.3 Å². The van der Waals surface area contributed by atoms with Crippen LogP contribution in [-0.2, 0) is 14.4 Å². The van der Waals surface area contributed by atoms with Gasteiger partial charge in [-0.2, -0.15) is 0 Å². The van der Waals surface area contributed by atoms with Crippen molar-refractivity contribution in [1.29, 1.82) is 0 Å². The van der Waals surface area contributed by atoms with E-state index in [0.29, 0.717) is 23.7 Å². The number of carbonyl (C=O) groups is 3. The highest BCUT2D eigenvalue weighted by atomic mass is 32.2. The summed E-state index contributed by atoms with van der Waals surface area (Å²) < 4.78 is 9.81. The van der Waals surface area contributed by atoms with E-state index in [-0.39, 0.29) is 16.1 Å². The minimum Gasteiger partial charge on any atom is -0.497 e. The summed E-state index contributed by atoms with van der Waals surface area (Å²) in [5, 5.41) is -0.443. The topological polar surface area (TPSA) is 76.2 Å². The van der Waals surface area contributed by atoms with Gasteiger partial charge in [-0.15, -0.1) is 0 Å². The minimum atomic E-state index is -1.09. The third-order valence-electron chi connectivity index (χ3n) is 5.64. The number of thioether (sulfide) groups is 2. The van der Waals surface area contributed by atoms with E-state index in [4.69, 9.17) is 9.47 Å². The van der Waals surface area contributed by atoms with Crippen molar-refractivity contribution < 1.29 is 23.9 Å².